The Hall–Kier alpha value is -2.16. The molecule has 0 bridgehead atoms. The number of nitrogens with zero attached hydrogens (tertiary/aromatic N) is 5. The number of aromatic nitrogens is 5. The molecule has 0 amide bonds. The highest BCUT2D eigenvalue weighted by Gasteiger charge is 2.17. The molecule has 0 aliphatic rings. The smallest absolute Gasteiger partial charge is 0.307 e. The summed E-state index contributed by atoms with van der Waals surface area (Å²) in [5.74, 6) is 0.00122. The van der Waals surface area contributed by atoms with Gasteiger partial charge < -0.3 is 9.30 Å². The third-order valence-corrected chi connectivity index (χ3v) is 4.57. The van der Waals surface area contributed by atoms with E-state index in [2.05, 4.69) is 20.3 Å². The quantitative estimate of drug-likeness (QED) is 0.425. The Morgan fingerprint density at radius 1 is 1.35 bits per heavy atom. The number of methoxy groups -OCH3 is 1. The van der Waals surface area contributed by atoms with Gasteiger partial charge in [0.15, 0.2) is 5.78 Å². The summed E-state index contributed by atoms with van der Waals surface area (Å²) in [5, 5.41) is 11.7. The number of hydrogen-bond acceptors (Lipinski definition) is 7. The van der Waals surface area contributed by atoms with Gasteiger partial charge in [0.05, 0.1) is 19.3 Å². The van der Waals surface area contributed by atoms with Gasteiger partial charge >= 0.3 is 5.97 Å². The zero-order chi connectivity index (χ0) is 17.0. The van der Waals surface area contributed by atoms with Crippen LogP contribution in [0.3, 0.4) is 0 Å². The number of Topliss-reactive ketones (excluding diaryl/α,β-unsaturated/α-hetero) is 1. The molecule has 2 rings (SSSR count). The van der Waals surface area contributed by atoms with Crippen molar-refractivity contribution in [3.63, 3.8) is 0 Å². The molecular weight excluding hydrogens is 318 g/mol. The Labute approximate surface area is 138 Å². The first-order chi connectivity index (χ1) is 10.9. The summed E-state index contributed by atoms with van der Waals surface area (Å²) in [6.45, 7) is 4.30. The maximum atomic E-state index is 12.4. The molecule has 0 radical (unpaired) electrons. The molecule has 0 aliphatic heterocycles. The number of aryl methyl sites for hydroxylation is 2. The second kappa shape index (κ2) is 7.40. The molecule has 124 valence electrons. The largest absolute Gasteiger partial charge is 0.469 e. The lowest BCUT2D eigenvalue weighted by Gasteiger charge is -2.08. The summed E-state index contributed by atoms with van der Waals surface area (Å²) in [5.41, 5.74) is 2.46. The van der Waals surface area contributed by atoms with Crippen LogP contribution in [0.1, 0.15) is 28.2 Å². The Balaban J connectivity index is 2.06. The lowest BCUT2D eigenvalue weighted by molar-refractivity contribution is -0.140. The van der Waals surface area contributed by atoms with Crippen molar-refractivity contribution in [2.75, 3.05) is 12.9 Å². The van der Waals surface area contributed by atoms with Crippen LogP contribution >= 0.6 is 11.8 Å². The standard InChI is InChI=1S/C14H19N5O3S/c1-9-7-11(10(2)19(9)6-5-13(21)22-4)12(20)8-23-14-15-16-17-18(14)3/h7H,5-6,8H2,1-4H3. The normalized spacial score (nSPS) is 10.8. The van der Waals surface area contributed by atoms with Crippen LogP contribution in [0.4, 0.5) is 0 Å². The van der Waals surface area contributed by atoms with Crippen LogP contribution in [-0.4, -0.2) is 49.4 Å². The first-order valence-corrected chi connectivity index (χ1v) is 8.04. The molecule has 0 aliphatic carbocycles. The van der Waals surface area contributed by atoms with Crippen molar-refractivity contribution < 1.29 is 14.3 Å². The Bertz CT molecular complexity index is 722. The fourth-order valence-corrected chi connectivity index (χ4v) is 3.02. The van der Waals surface area contributed by atoms with Crippen LogP contribution in [0.2, 0.25) is 0 Å². The van der Waals surface area contributed by atoms with Crippen molar-refractivity contribution >= 4 is 23.5 Å². The summed E-state index contributed by atoms with van der Waals surface area (Å²) in [6, 6.07) is 1.85. The van der Waals surface area contributed by atoms with Crippen LogP contribution in [0.5, 0.6) is 0 Å². The van der Waals surface area contributed by atoms with Gasteiger partial charge in [0.2, 0.25) is 5.16 Å². The number of carbonyl (C=O) groups excluding carboxylic acids is 2. The molecule has 0 N–H and O–H groups in total. The van der Waals surface area contributed by atoms with Gasteiger partial charge in [-0.05, 0) is 30.3 Å². The van der Waals surface area contributed by atoms with E-state index in [1.54, 1.807) is 7.05 Å². The van der Waals surface area contributed by atoms with Gasteiger partial charge in [-0.15, -0.1) is 5.10 Å². The predicted molar refractivity (Wildman–Crippen MR) is 84.4 cm³/mol. The fraction of sp³-hybridized carbons (Fsp3) is 0.500. The van der Waals surface area contributed by atoms with Crippen LogP contribution < -0.4 is 0 Å². The third-order valence-electron chi connectivity index (χ3n) is 3.55. The minimum Gasteiger partial charge on any atom is -0.469 e. The molecule has 2 aromatic heterocycles. The van der Waals surface area contributed by atoms with Gasteiger partial charge in [-0.2, -0.15) is 0 Å². The van der Waals surface area contributed by atoms with Gasteiger partial charge in [-0.3, -0.25) is 9.59 Å². The van der Waals surface area contributed by atoms with E-state index < -0.39 is 0 Å². The average Bonchev–Trinajstić information content (AvgIpc) is 3.06. The lowest BCUT2D eigenvalue weighted by atomic mass is 10.2. The van der Waals surface area contributed by atoms with Gasteiger partial charge in [-0.25, -0.2) is 4.68 Å². The van der Waals surface area contributed by atoms with E-state index in [4.69, 9.17) is 0 Å². The molecule has 2 aromatic rings. The Morgan fingerprint density at radius 3 is 2.70 bits per heavy atom. The first-order valence-electron chi connectivity index (χ1n) is 7.06. The summed E-state index contributed by atoms with van der Waals surface area (Å²) < 4.78 is 8.14. The van der Waals surface area contributed by atoms with E-state index in [1.807, 2.05) is 24.5 Å². The van der Waals surface area contributed by atoms with E-state index in [1.165, 1.54) is 23.6 Å². The number of thioether (sulfide) groups is 1. The van der Waals surface area contributed by atoms with E-state index in [0.29, 0.717) is 17.3 Å². The number of hydrogen-bond donors (Lipinski definition) is 0. The summed E-state index contributed by atoms with van der Waals surface area (Å²) in [4.78, 5) is 23.7. The Kier molecular flexibility index (Phi) is 5.54. The highest BCUT2D eigenvalue weighted by Crippen LogP contribution is 2.20. The molecule has 0 atom stereocenters. The minimum absolute atomic E-state index is 0.00965. The molecule has 2 heterocycles. The zero-order valence-corrected chi connectivity index (χ0v) is 14.4. The van der Waals surface area contributed by atoms with E-state index >= 15 is 0 Å². The molecule has 0 saturated heterocycles. The van der Waals surface area contributed by atoms with E-state index in [-0.39, 0.29) is 23.9 Å². The molecule has 23 heavy (non-hydrogen) atoms. The molecule has 8 nitrogen and oxygen atoms in total. The molecule has 0 saturated carbocycles. The predicted octanol–water partition coefficient (Wildman–Crippen LogP) is 1.17. The van der Waals surface area contributed by atoms with E-state index in [0.717, 1.165) is 11.4 Å². The molecular formula is C14H19N5O3S. The number of carbonyl (C=O) groups is 2. The monoisotopic (exact) mass is 337 g/mol. The zero-order valence-electron chi connectivity index (χ0n) is 13.6. The number of ether oxygens (including phenoxy) is 1. The van der Waals surface area contributed by atoms with Crippen LogP contribution in [-0.2, 0) is 23.1 Å². The maximum Gasteiger partial charge on any atom is 0.307 e. The number of ketones is 1. The van der Waals surface area contributed by atoms with Gasteiger partial charge in [0, 0.05) is 30.5 Å². The van der Waals surface area contributed by atoms with Crippen molar-refractivity contribution in [2.45, 2.75) is 32.0 Å². The van der Waals surface area contributed by atoms with Crippen molar-refractivity contribution in [3.8, 4) is 0 Å². The van der Waals surface area contributed by atoms with Crippen molar-refractivity contribution in [3.05, 3.63) is 23.0 Å². The van der Waals surface area contributed by atoms with Gasteiger partial charge in [-0.1, -0.05) is 11.8 Å². The van der Waals surface area contributed by atoms with Gasteiger partial charge in [0.1, 0.15) is 0 Å². The van der Waals surface area contributed by atoms with E-state index in [9.17, 15) is 9.59 Å². The molecule has 0 aromatic carbocycles. The SMILES string of the molecule is COC(=O)CCn1c(C)cc(C(=O)CSc2nnnn2C)c1C. The second-order valence-corrected chi connectivity index (χ2v) is 6.00. The molecule has 9 heteroatoms. The van der Waals surface area contributed by atoms with Crippen LogP contribution in [0, 0.1) is 13.8 Å². The van der Waals surface area contributed by atoms with Crippen molar-refractivity contribution in [1.82, 2.24) is 24.8 Å². The fourth-order valence-electron chi connectivity index (χ4n) is 2.28. The minimum atomic E-state index is -0.268. The van der Waals surface area contributed by atoms with Crippen LogP contribution in [0.25, 0.3) is 0 Å². The lowest BCUT2D eigenvalue weighted by Crippen LogP contribution is -2.11. The summed E-state index contributed by atoms with van der Waals surface area (Å²) in [7, 11) is 3.09. The maximum absolute atomic E-state index is 12.4. The summed E-state index contributed by atoms with van der Waals surface area (Å²) >= 11 is 1.30. The highest BCUT2D eigenvalue weighted by atomic mass is 32.2. The third kappa shape index (κ3) is 3.98. The number of rotatable bonds is 7. The van der Waals surface area contributed by atoms with Gasteiger partial charge in [0.25, 0.3) is 0 Å². The highest BCUT2D eigenvalue weighted by molar-refractivity contribution is 7.99. The average molecular weight is 337 g/mol. The molecule has 0 fully saturated rings. The molecule has 0 unspecified atom stereocenters. The second-order valence-electron chi connectivity index (χ2n) is 5.06. The van der Waals surface area contributed by atoms with Crippen molar-refractivity contribution in [1.29, 1.82) is 0 Å². The number of esters is 1. The molecule has 0 spiro atoms. The Morgan fingerprint density at radius 2 is 2.09 bits per heavy atom. The topological polar surface area (TPSA) is 91.9 Å². The van der Waals surface area contributed by atoms with Crippen LogP contribution in [0.15, 0.2) is 11.2 Å². The number of tetrazole rings is 1. The first kappa shape index (κ1) is 17.2. The summed E-state index contributed by atoms with van der Waals surface area (Å²) in [6.07, 6.45) is 0.278. The van der Waals surface area contributed by atoms with Crippen molar-refractivity contribution in [2.24, 2.45) is 7.05 Å².